The molecule has 23 heavy (non-hydrogen) atoms. The molecule has 0 unspecified atom stereocenters. The van der Waals surface area contributed by atoms with E-state index in [-0.39, 0.29) is 5.91 Å². The summed E-state index contributed by atoms with van der Waals surface area (Å²) in [6.07, 6.45) is 3.73. The van der Waals surface area contributed by atoms with Crippen molar-refractivity contribution in [3.63, 3.8) is 0 Å². The highest BCUT2D eigenvalue weighted by atomic mass is 16.5. The molecule has 1 aliphatic carbocycles. The zero-order valence-corrected chi connectivity index (χ0v) is 14.3. The Balaban J connectivity index is 1.96. The zero-order chi connectivity index (χ0) is 16.7. The van der Waals surface area contributed by atoms with Gasteiger partial charge in [-0.15, -0.1) is 0 Å². The molecule has 2 atom stereocenters. The summed E-state index contributed by atoms with van der Waals surface area (Å²) in [6, 6.07) is 7.37. The van der Waals surface area contributed by atoms with Crippen LogP contribution in [0.2, 0.25) is 0 Å². The summed E-state index contributed by atoms with van der Waals surface area (Å²) >= 11 is 0. The molecule has 1 saturated carbocycles. The van der Waals surface area contributed by atoms with Crippen LogP contribution >= 0.6 is 0 Å². The van der Waals surface area contributed by atoms with Crippen molar-refractivity contribution in [2.45, 2.75) is 38.2 Å². The maximum absolute atomic E-state index is 12.7. The van der Waals surface area contributed by atoms with Crippen LogP contribution in [0.4, 0.5) is 5.69 Å². The molecule has 1 aromatic rings. The topological polar surface area (TPSA) is 56.8 Å². The predicted octanol–water partition coefficient (Wildman–Crippen LogP) is 3.25. The molecule has 5 heteroatoms. The second-order valence-corrected chi connectivity index (χ2v) is 6.22. The van der Waals surface area contributed by atoms with Gasteiger partial charge in [0.2, 0.25) is 0 Å². The highest BCUT2D eigenvalue weighted by Gasteiger charge is 2.41. The van der Waals surface area contributed by atoms with Crippen LogP contribution in [-0.4, -0.2) is 38.9 Å². The molecule has 128 valence electrons. The van der Waals surface area contributed by atoms with E-state index in [9.17, 15) is 4.79 Å². The summed E-state index contributed by atoms with van der Waals surface area (Å²) < 4.78 is 16.1. The molecule has 0 bridgehead atoms. The molecule has 1 aromatic carbocycles. The van der Waals surface area contributed by atoms with E-state index < -0.39 is 5.60 Å². The lowest BCUT2D eigenvalue weighted by molar-refractivity contribution is -0.143. The SMILES string of the molecule is COCCOc1ccc(NC(=O)[C@]2(OC)CCC[C@H](C)C2)cc1. The lowest BCUT2D eigenvalue weighted by atomic mass is 9.78. The quantitative estimate of drug-likeness (QED) is 0.783. The molecule has 0 aromatic heterocycles. The maximum atomic E-state index is 12.7. The Hall–Kier alpha value is -1.59. The second kappa shape index (κ2) is 8.31. The van der Waals surface area contributed by atoms with Gasteiger partial charge in [0.25, 0.3) is 5.91 Å². The summed E-state index contributed by atoms with van der Waals surface area (Å²) in [6.45, 7) is 3.23. The Bertz CT molecular complexity index is 502. The number of methoxy groups -OCH3 is 2. The van der Waals surface area contributed by atoms with Crippen molar-refractivity contribution < 1.29 is 19.0 Å². The van der Waals surface area contributed by atoms with Crippen molar-refractivity contribution in [1.82, 2.24) is 0 Å². The van der Waals surface area contributed by atoms with Crippen molar-refractivity contribution in [2.24, 2.45) is 5.92 Å². The number of ether oxygens (including phenoxy) is 3. The number of benzene rings is 1. The van der Waals surface area contributed by atoms with Gasteiger partial charge in [0.15, 0.2) is 0 Å². The molecule has 1 N–H and O–H groups in total. The fourth-order valence-electron chi connectivity index (χ4n) is 3.11. The van der Waals surface area contributed by atoms with Crippen molar-refractivity contribution in [3.05, 3.63) is 24.3 Å². The van der Waals surface area contributed by atoms with Crippen molar-refractivity contribution in [1.29, 1.82) is 0 Å². The van der Waals surface area contributed by atoms with E-state index in [1.54, 1.807) is 14.2 Å². The molecule has 0 heterocycles. The average molecular weight is 321 g/mol. The lowest BCUT2D eigenvalue weighted by Gasteiger charge is -2.37. The number of anilines is 1. The van der Waals surface area contributed by atoms with Crippen molar-refractivity contribution in [3.8, 4) is 5.75 Å². The van der Waals surface area contributed by atoms with Gasteiger partial charge in [0.1, 0.15) is 18.0 Å². The molecule has 1 amide bonds. The molecule has 2 rings (SSSR count). The highest BCUT2D eigenvalue weighted by molar-refractivity contribution is 5.97. The third-order valence-electron chi connectivity index (χ3n) is 4.43. The van der Waals surface area contributed by atoms with Crippen LogP contribution < -0.4 is 10.1 Å². The van der Waals surface area contributed by atoms with E-state index in [4.69, 9.17) is 14.2 Å². The van der Waals surface area contributed by atoms with Gasteiger partial charge >= 0.3 is 0 Å². The van der Waals surface area contributed by atoms with Gasteiger partial charge in [-0.1, -0.05) is 13.3 Å². The van der Waals surface area contributed by atoms with E-state index in [0.717, 1.165) is 37.1 Å². The van der Waals surface area contributed by atoms with Gasteiger partial charge in [0.05, 0.1) is 6.61 Å². The van der Waals surface area contributed by atoms with Gasteiger partial charge in [0, 0.05) is 19.9 Å². The summed E-state index contributed by atoms with van der Waals surface area (Å²) in [5.74, 6) is 1.21. The summed E-state index contributed by atoms with van der Waals surface area (Å²) in [7, 11) is 3.27. The number of nitrogens with one attached hydrogen (secondary N) is 1. The third kappa shape index (κ3) is 4.69. The Morgan fingerprint density at radius 1 is 1.26 bits per heavy atom. The largest absolute Gasteiger partial charge is 0.491 e. The molecular weight excluding hydrogens is 294 g/mol. The van der Waals surface area contributed by atoms with Crippen LogP contribution in [0, 0.1) is 5.92 Å². The summed E-state index contributed by atoms with van der Waals surface area (Å²) in [4.78, 5) is 12.7. The van der Waals surface area contributed by atoms with Crippen LogP contribution in [0.1, 0.15) is 32.6 Å². The van der Waals surface area contributed by atoms with E-state index in [1.165, 1.54) is 0 Å². The zero-order valence-electron chi connectivity index (χ0n) is 14.3. The summed E-state index contributed by atoms with van der Waals surface area (Å²) in [5.41, 5.74) is 0.0504. The first-order valence-electron chi connectivity index (χ1n) is 8.18. The minimum Gasteiger partial charge on any atom is -0.491 e. The second-order valence-electron chi connectivity index (χ2n) is 6.22. The predicted molar refractivity (Wildman–Crippen MR) is 89.8 cm³/mol. The summed E-state index contributed by atoms with van der Waals surface area (Å²) in [5, 5.41) is 2.97. The monoisotopic (exact) mass is 321 g/mol. The third-order valence-corrected chi connectivity index (χ3v) is 4.43. The maximum Gasteiger partial charge on any atom is 0.256 e. The molecule has 1 fully saturated rings. The van der Waals surface area contributed by atoms with Crippen LogP contribution in [0.3, 0.4) is 0 Å². The van der Waals surface area contributed by atoms with Crippen LogP contribution in [0.15, 0.2) is 24.3 Å². The van der Waals surface area contributed by atoms with Gasteiger partial charge in [-0.2, -0.15) is 0 Å². The average Bonchev–Trinajstić information content (AvgIpc) is 2.56. The number of carbonyl (C=O) groups excluding carboxylic acids is 1. The Labute approximate surface area is 138 Å². The highest BCUT2D eigenvalue weighted by Crippen LogP contribution is 2.35. The fourth-order valence-corrected chi connectivity index (χ4v) is 3.11. The minimum absolute atomic E-state index is 0.0559. The van der Waals surface area contributed by atoms with Crippen molar-refractivity contribution in [2.75, 3.05) is 32.8 Å². The van der Waals surface area contributed by atoms with Crippen molar-refractivity contribution >= 4 is 11.6 Å². The number of amides is 1. The van der Waals surface area contributed by atoms with E-state index >= 15 is 0 Å². The number of carbonyl (C=O) groups is 1. The van der Waals surface area contributed by atoms with E-state index in [0.29, 0.717) is 19.1 Å². The van der Waals surface area contributed by atoms with Crippen LogP contribution in [-0.2, 0) is 14.3 Å². The van der Waals surface area contributed by atoms with Crippen LogP contribution in [0.5, 0.6) is 5.75 Å². The fraction of sp³-hybridized carbons (Fsp3) is 0.611. The number of rotatable bonds is 7. The molecule has 1 aliphatic rings. The Kier molecular flexibility index (Phi) is 6.42. The number of hydrogen-bond acceptors (Lipinski definition) is 4. The Morgan fingerprint density at radius 3 is 2.61 bits per heavy atom. The van der Waals surface area contributed by atoms with Gasteiger partial charge < -0.3 is 19.5 Å². The lowest BCUT2D eigenvalue weighted by Crippen LogP contribution is -2.47. The molecule has 5 nitrogen and oxygen atoms in total. The van der Waals surface area contributed by atoms with E-state index in [2.05, 4.69) is 12.2 Å². The first-order valence-corrected chi connectivity index (χ1v) is 8.18. The smallest absolute Gasteiger partial charge is 0.256 e. The van der Waals surface area contributed by atoms with Crippen LogP contribution in [0.25, 0.3) is 0 Å². The van der Waals surface area contributed by atoms with Gasteiger partial charge in [-0.25, -0.2) is 0 Å². The number of hydrogen-bond donors (Lipinski definition) is 1. The molecular formula is C18H27NO4. The van der Waals surface area contributed by atoms with Gasteiger partial charge in [-0.3, -0.25) is 4.79 Å². The Morgan fingerprint density at radius 2 is 2.00 bits per heavy atom. The molecule has 0 radical (unpaired) electrons. The molecule has 0 spiro atoms. The first-order chi connectivity index (χ1) is 11.1. The normalized spacial score (nSPS) is 24.2. The minimum atomic E-state index is -0.703. The molecule has 0 aliphatic heterocycles. The van der Waals surface area contributed by atoms with Gasteiger partial charge in [-0.05, 0) is 49.4 Å². The standard InChI is InChI=1S/C18H27NO4/c1-14-5-4-10-18(13-14,22-3)17(20)19-15-6-8-16(9-7-15)23-12-11-21-2/h6-9,14H,4-5,10-13H2,1-3H3,(H,19,20)/t14-,18-/m0/s1. The first kappa shape index (κ1) is 17.8. The molecule has 0 saturated heterocycles. The van der Waals surface area contributed by atoms with E-state index in [1.807, 2.05) is 24.3 Å².